The van der Waals surface area contributed by atoms with E-state index in [1.54, 1.807) is 6.07 Å². The highest BCUT2D eigenvalue weighted by Gasteiger charge is 2.25. The summed E-state index contributed by atoms with van der Waals surface area (Å²) in [5, 5.41) is 5.60. The fourth-order valence-corrected chi connectivity index (χ4v) is 3.61. The Morgan fingerprint density at radius 2 is 1.87 bits per heavy atom. The zero-order valence-corrected chi connectivity index (χ0v) is 17.8. The van der Waals surface area contributed by atoms with Crippen molar-refractivity contribution >= 4 is 17.5 Å². The molecule has 1 aliphatic rings. The van der Waals surface area contributed by atoms with Crippen molar-refractivity contribution in [1.29, 1.82) is 0 Å². The fourth-order valence-electron chi connectivity index (χ4n) is 3.61. The first-order valence-electron chi connectivity index (χ1n) is 10.6. The minimum Gasteiger partial charge on any atom is -0.348 e. The number of amides is 2. The van der Waals surface area contributed by atoms with E-state index in [1.807, 2.05) is 48.7 Å². The van der Waals surface area contributed by atoms with E-state index >= 15 is 0 Å². The fraction of sp³-hybridized carbons (Fsp3) is 0.292. The third-order valence-electron chi connectivity index (χ3n) is 4.99. The van der Waals surface area contributed by atoms with Gasteiger partial charge in [0.2, 0.25) is 0 Å². The van der Waals surface area contributed by atoms with Gasteiger partial charge >= 0.3 is 0 Å². The van der Waals surface area contributed by atoms with Crippen LogP contribution in [0.25, 0.3) is 0 Å². The van der Waals surface area contributed by atoms with Crippen LogP contribution >= 0.6 is 0 Å². The second-order valence-electron chi connectivity index (χ2n) is 7.01. The minimum absolute atomic E-state index is 0. The molecule has 0 atom stereocenters. The van der Waals surface area contributed by atoms with Crippen molar-refractivity contribution in [3.8, 4) is 0 Å². The average molecular weight is 427 g/mol. The molecule has 0 fully saturated rings. The molecule has 1 aliphatic heterocycles. The van der Waals surface area contributed by atoms with E-state index < -0.39 is 5.82 Å². The van der Waals surface area contributed by atoms with E-state index in [0.717, 1.165) is 36.7 Å². The topological polar surface area (TPSA) is 76.0 Å². The molecule has 0 radical (unpaired) electrons. The zero-order valence-electron chi connectivity index (χ0n) is 17.8. The number of pyridine rings is 1. The molecule has 0 unspecified atom stereocenters. The van der Waals surface area contributed by atoms with E-state index in [4.69, 9.17) is 0 Å². The Hall–Kier alpha value is -3.48. The molecule has 0 bridgehead atoms. The molecule has 0 spiro atoms. The minimum atomic E-state index is -0.527. The molecule has 2 aromatic heterocycles. The summed E-state index contributed by atoms with van der Waals surface area (Å²) in [4.78, 5) is 29.4. The first kappa shape index (κ1) is 22.2. The number of fused-ring (bicyclic) bond motifs is 1. The van der Waals surface area contributed by atoms with Gasteiger partial charge in [0.1, 0.15) is 11.5 Å². The number of nitrogens with zero attached hydrogens (tertiary/aromatic N) is 2. The summed E-state index contributed by atoms with van der Waals surface area (Å²) in [6, 6.07) is 12.5. The normalized spacial score (nSPS) is 12.2. The second kappa shape index (κ2) is 10.5. The predicted molar refractivity (Wildman–Crippen MR) is 123 cm³/mol. The standard InChI is InChI=1S/C22H21FN4O2.C2H6.2H2/c23-16-10-17(14-24-13-16)26-22(29)20-11-18(19-8-4-5-9-27(19)20)21(28)25-12-15-6-2-1-3-7-15;1-2;;/h1-3,6-7,10-11,13-14H,4-5,8-9,12H2,(H,25,28)(H,26,29);1-2H3;2*1H. The van der Waals surface area contributed by atoms with Crippen LogP contribution in [0, 0.1) is 5.82 Å². The Morgan fingerprint density at radius 1 is 1.10 bits per heavy atom. The summed E-state index contributed by atoms with van der Waals surface area (Å²) < 4.78 is 15.2. The van der Waals surface area contributed by atoms with Crippen molar-refractivity contribution < 1.29 is 16.8 Å². The number of anilines is 1. The molecule has 2 amide bonds. The number of hydrogen-bond donors (Lipinski definition) is 2. The Balaban J connectivity index is 0.00000133. The molecule has 3 aromatic rings. The van der Waals surface area contributed by atoms with Gasteiger partial charge in [0, 0.05) is 27.7 Å². The molecule has 2 N–H and O–H groups in total. The number of hydrogen-bond acceptors (Lipinski definition) is 3. The maximum absolute atomic E-state index is 13.4. The molecule has 4 rings (SSSR count). The number of carbonyl (C=O) groups excluding carboxylic acids is 2. The van der Waals surface area contributed by atoms with Crippen molar-refractivity contribution in [3.63, 3.8) is 0 Å². The summed E-state index contributed by atoms with van der Waals surface area (Å²) >= 11 is 0. The highest BCUT2D eigenvalue weighted by atomic mass is 19.1. The molecule has 6 nitrogen and oxygen atoms in total. The second-order valence-corrected chi connectivity index (χ2v) is 7.01. The molecular formula is C24H31FN4O2. The lowest BCUT2D eigenvalue weighted by Crippen LogP contribution is -2.25. The molecule has 0 saturated carbocycles. The maximum atomic E-state index is 13.4. The number of carbonyl (C=O) groups is 2. The van der Waals surface area contributed by atoms with Crippen LogP contribution in [0.4, 0.5) is 10.1 Å². The van der Waals surface area contributed by atoms with Gasteiger partial charge < -0.3 is 15.2 Å². The van der Waals surface area contributed by atoms with Crippen LogP contribution in [0.5, 0.6) is 0 Å². The maximum Gasteiger partial charge on any atom is 0.272 e. The van der Waals surface area contributed by atoms with Gasteiger partial charge in [-0.3, -0.25) is 14.6 Å². The Morgan fingerprint density at radius 3 is 2.61 bits per heavy atom. The molecule has 166 valence electrons. The van der Waals surface area contributed by atoms with Crippen LogP contribution in [0.2, 0.25) is 0 Å². The Bertz CT molecular complexity index is 1060. The summed E-state index contributed by atoms with van der Waals surface area (Å²) in [6.45, 7) is 5.09. The van der Waals surface area contributed by atoms with Gasteiger partial charge in [0.05, 0.1) is 23.6 Å². The third-order valence-corrected chi connectivity index (χ3v) is 4.99. The lowest BCUT2D eigenvalue weighted by atomic mass is 10.1. The number of rotatable bonds is 5. The SMILES string of the molecule is CC.O=C(NCc1ccccc1)c1cc(C(=O)Nc2cncc(F)c2)n2c1CCCC2.[HH].[HH]. The lowest BCUT2D eigenvalue weighted by Gasteiger charge is -2.18. The first-order chi connectivity index (χ1) is 15.1. The van der Waals surface area contributed by atoms with E-state index in [-0.39, 0.29) is 20.4 Å². The van der Waals surface area contributed by atoms with Crippen LogP contribution in [0.15, 0.2) is 54.9 Å². The summed E-state index contributed by atoms with van der Waals surface area (Å²) in [5.74, 6) is -1.12. The van der Waals surface area contributed by atoms with Crippen LogP contribution < -0.4 is 10.6 Å². The molecule has 0 aliphatic carbocycles. The van der Waals surface area contributed by atoms with Gasteiger partial charge in [-0.1, -0.05) is 44.2 Å². The van der Waals surface area contributed by atoms with E-state index in [9.17, 15) is 14.0 Å². The van der Waals surface area contributed by atoms with Crippen LogP contribution in [0.1, 0.15) is 61.6 Å². The van der Waals surface area contributed by atoms with Crippen LogP contribution in [-0.4, -0.2) is 21.4 Å². The number of nitrogens with one attached hydrogen (secondary N) is 2. The quantitative estimate of drug-likeness (QED) is 0.599. The monoisotopic (exact) mass is 426 g/mol. The molecule has 31 heavy (non-hydrogen) atoms. The first-order valence-corrected chi connectivity index (χ1v) is 10.6. The molecular weight excluding hydrogens is 395 g/mol. The number of benzene rings is 1. The number of halogens is 1. The summed E-state index contributed by atoms with van der Waals surface area (Å²) in [7, 11) is 0. The van der Waals surface area contributed by atoms with Crippen molar-refractivity contribution in [1.82, 2.24) is 14.9 Å². The van der Waals surface area contributed by atoms with E-state index in [0.29, 0.717) is 24.3 Å². The number of aromatic nitrogens is 2. The van der Waals surface area contributed by atoms with Crippen molar-refractivity contribution in [2.24, 2.45) is 0 Å². The van der Waals surface area contributed by atoms with Gasteiger partial charge in [0.25, 0.3) is 11.8 Å². The van der Waals surface area contributed by atoms with Gasteiger partial charge in [0.15, 0.2) is 0 Å². The van der Waals surface area contributed by atoms with Crippen molar-refractivity contribution in [2.75, 3.05) is 5.32 Å². The Kier molecular flexibility index (Phi) is 7.54. The van der Waals surface area contributed by atoms with E-state index in [1.165, 1.54) is 12.3 Å². The van der Waals surface area contributed by atoms with Crippen molar-refractivity contribution in [2.45, 2.75) is 46.2 Å². The molecule has 3 heterocycles. The Labute approximate surface area is 184 Å². The smallest absolute Gasteiger partial charge is 0.272 e. The molecule has 7 heteroatoms. The van der Waals surface area contributed by atoms with Gasteiger partial charge in [-0.05, 0) is 30.9 Å². The lowest BCUT2D eigenvalue weighted by molar-refractivity contribution is 0.0949. The zero-order chi connectivity index (χ0) is 22.2. The summed E-state index contributed by atoms with van der Waals surface area (Å²) in [5.41, 5.74) is 3.06. The molecule has 1 aromatic carbocycles. The highest BCUT2D eigenvalue weighted by Crippen LogP contribution is 2.25. The van der Waals surface area contributed by atoms with Crippen molar-refractivity contribution in [3.05, 3.63) is 83.2 Å². The van der Waals surface area contributed by atoms with Gasteiger partial charge in [-0.25, -0.2) is 4.39 Å². The largest absolute Gasteiger partial charge is 0.348 e. The van der Waals surface area contributed by atoms with Gasteiger partial charge in [-0.2, -0.15) is 0 Å². The van der Waals surface area contributed by atoms with Crippen LogP contribution in [-0.2, 0) is 19.5 Å². The molecule has 0 saturated heterocycles. The van der Waals surface area contributed by atoms with Crippen LogP contribution in [0.3, 0.4) is 0 Å². The average Bonchev–Trinajstić information content (AvgIpc) is 3.20. The van der Waals surface area contributed by atoms with Gasteiger partial charge in [-0.15, -0.1) is 0 Å². The predicted octanol–water partition coefficient (Wildman–Crippen LogP) is 5.06. The highest BCUT2D eigenvalue weighted by molar-refractivity contribution is 6.06. The summed E-state index contributed by atoms with van der Waals surface area (Å²) in [6.07, 6.45) is 5.10. The third kappa shape index (κ3) is 5.36. The van der Waals surface area contributed by atoms with E-state index in [2.05, 4.69) is 15.6 Å².